The van der Waals surface area contributed by atoms with E-state index in [2.05, 4.69) is 88.7 Å². The highest BCUT2D eigenvalue weighted by atomic mass is 16.5. The van der Waals surface area contributed by atoms with Gasteiger partial charge >= 0.3 is 5.97 Å². The Labute approximate surface area is 248 Å². The van der Waals surface area contributed by atoms with Crippen molar-refractivity contribution < 1.29 is 14.3 Å². The highest BCUT2D eigenvalue weighted by Crippen LogP contribution is 2.30. The normalized spacial score (nSPS) is 15.5. The molecule has 6 heteroatoms. The van der Waals surface area contributed by atoms with Crippen molar-refractivity contribution in [3.8, 4) is 0 Å². The van der Waals surface area contributed by atoms with E-state index in [1.54, 1.807) is 17.0 Å². The van der Waals surface area contributed by atoms with E-state index < -0.39 is 0 Å². The summed E-state index contributed by atoms with van der Waals surface area (Å²) in [5.41, 5.74) is 6.98. The summed E-state index contributed by atoms with van der Waals surface area (Å²) >= 11 is 0. The van der Waals surface area contributed by atoms with Crippen LogP contribution in [0.3, 0.4) is 0 Å². The second-order valence-corrected chi connectivity index (χ2v) is 11.1. The number of methoxy groups -OCH3 is 1. The zero-order valence-electron chi connectivity index (χ0n) is 24.1. The maximum absolute atomic E-state index is 13.6. The Balaban J connectivity index is 1.09. The van der Waals surface area contributed by atoms with E-state index in [1.165, 1.54) is 18.2 Å². The first-order chi connectivity index (χ1) is 20.6. The molecule has 0 atom stereocenters. The molecule has 2 aliphatic heterocycles. The van der Waals surface area contributed by atoms with Crippen LogP contribution in [0.5, 0.6) is 0 Å². The van der Waals surface area contributed by atoms with Crippen LogP contribution in [0, 0.1) is 0 Å². The van der Waals surface area contributed by atoms with Crippen LogP contribution in [-0.4, -0.2) is 63.2 Å². The summed E-state index contributed by atoms with van der Waals surface area (Å²) in [6.45, 7) is 5.54. The van der Waals surface area contributed by atoms with E-state index >= 15 is 0 Å². The Morgan fingerprint density at radius 2 is 1.38 bits per heavy atom. The molecule has 0 unspecified atom stereocenters. The molecule has 42 heavy (non-hydrogen) atoms. The maximum Gasteiger partial charge on any atom is 0.337 e. The molecule has 4 aromatic rings. The van der Waals surface area contributed by atoms with Gasteiger partial charge < -0.3 is 14.5 Å². The van der Waals surface area contributed by atoms with Gasteiger partial charge in [0.15, 0.2) is 0 Å². The van der Waals surface area contributed by atoms with Gasteiger partial charge in [0.05, 0.1) is 12.7 Å². The summed E-state index contributed by atoms with van der Waals surface area (Å²) in [5.74, 6) is 0.0148. The second kappa shape index (κ2) is 12.6. The summed E-state index contributed by atoms with van der Waals surface area (Å²) in [7, 11) is 1.37. The Bertz CT molecular complexity index is 1470. The van der Waals surface area contributed by atoms with E-state index in [0.29, 0.717) is 18.0 Å². The van der Waals surface area contributed by atoms with E-state index in [0.717, 1.165) is 68.1 Å². The number of fused-ring (bicyclic) bond motifs is 1. The summed E-state index contributed by atoms with van der Waals surface area (Å²) in [4.78, 5) is 32.2. The fraction of sp³-hybridized carbons (Fsp3) is 0.278. The lowest BCUT2D eigenvalue weighted by Crippen LogP contribution is -2.47. The van der Waals surface area contributed by atoms with Crippen molar-refractivity contribution in [2.24, 2.45) is 0 Å². The van der Waals surface area contributed by atoms with Crippen LogP contribution in [0.2, 0.25) is 0 Å². The first-order valence-electron chi connectivity index (χ1n) is 14.8. The first kappa shape index (κ1) is 27.7. The molecule has 1 amide bonds. The van der Waals surface area contributed by atoms with E-state index in [-0.39, 0.29) is 11.9 Å². The molecule has 0 bridgehead atoms. The van der Waals surface area contributed by atoms with Gasteiger partial charge in [-0.2, -0.15) is 0 Å². The SMILES string of the molecule is COC(=O)c1ccc(N2CCc3ccc(N4CCN(CCC(c5ccccc5)c5ccccc5)CC4)cc3C2=O)cc1. The molecule has 0 N–H and O–H groups in total. The van der Waals surface area contributed by atoms with Gasteiger partial charge in [-0.25, -0.2) is 4.79 Å². The third-order valence-corrected chi connectivity index (χ3v) is 8.65. The summed E-state index contributed by atoms with van der Waals surface area (Å²) in [5, 5.41) is 0. The number of esters is 1. The number of hydrogen-bond acceptors (Lipinski definition) is 5. The number of amides is 1. The van der Waals surface area contributed by atoms with Gasteiger partial charge in [0.2, 0.25) is 0 Å². The number of hydrogen-bond donors (Lipinski definition) is 0. The van der Waals surface area contributed by atoms with Gasteiger partial charge in [0.25, 0.3) is 5.91 Å². The lowest BCUT2D eigenvalue weighted by atomic mass is 9.88. The highest BCUT2D eigenvalue weighted by molar-refractivity contribution is 6.09. The van der Waals surface area contributed by atoms with Gasteiger partial charge in [-0.15, -0.1) is 0 Å². The molecule has 0 radical (unpaired) electrons. The van der Waals surface area contributed by atoms with E-state index in [9.17, 15) is 9.59 Å². The monoisotopic (exact) mass is 559 g/mol. The summed E-state index contributed by atoms with van der Waals surface area (Å²) < 4.78 is 4.80. The molecule has 1 fully saturated rings. The molecule has 0 saturated carbocycles. The maximum atomic E-state index is 13.6. The third kappa shape index (κ3) is 5.95. The first-order valence-corrected chi connectivity index (χ1v) is 14.8. The van der Waals surface area contributed by atoms with Gasteiger partial charge in [0.1, 0.15) is 0 Å². The average molecular weight is 560 g/mol. The molecular weight excluding hydrogens is 522 g/mol. The van der Waals surface area contributed by atoms with Crippen molar-refractivity contribution in [1.82, 2.24) is 4.90 Å². The third-order valence-electron chi connectivity index (χ3n) is 8.65. The minimum absolute atomic E-state index is 0.00965. The smallest absolute Gasteiger partial charge is 0.337 e. The fourth-order valence-electron chi connectivity index (χ4n) is 6.24. The van der Waals surface area contributed by atoms with Gasteiger partial charge in [-0.05, 0) is 72.5 Å². The Kier molecular flexibility index (Phi) is 8.33. The van der Waals surface area contributed by atoms with Crippen molar-refractivity contribution in [3.05, 3.63) is 131 Å². The molecule has 0 aliphatic carbocycles. The lowest BCUT2D eigenvalue weighted by molar-refractivity contribution is 0.0600. The van der Waals surface area contributed by atoms with Crippen molar-refractivity contribution in [2.45, 2.75) is 18.8 Å². The zero-order valence-corrected chi connectivity index (χ0v) is 24.1. The van der Waals surface area contributed by atoms with Gasteiger partial charge in [-0.3, -0.25) is 9.69 Å². The standard InChI is InChI=1S/C36H37N3O3/c1-42-36(41)30-13-15-31(16-14-30)39-21-18-29-12-17-32(26-34(29)35(39)40)38-24-22-37(23-25-38)20-19-33(27-8-4-2-5-9-27)28-10-6-3-7-11-28/h2-17,26,33H,18-25H2,1H3. The number of piperazine rings is 1. The van der Waals surface area contributed by atoms with Crippen LogP contribution in [0.25, 0.3) is 0 Å². The number of anilines is 2. The number of carbonyl (C=O) groups excluding carboxylic acids is 2. The van der Waals surface area contributed by atoms with Crippen LogP contribution in [0.15, 0.2) is 103 Å². The van der Waals surface area contributed by atoms with Crippen molar-refractivity contribution >= 4 is 23.3 Å². The van der Waals surface area contributed by atoms with Crippen LogP contribution in [0.1, 0.15) is 49.7 Å². The molecule has 4 aromatic carbocycles. The van der Waals surface area contributed by atoms with E-state index in [1.807, 2.05) is 12.1 Å². The molecule has 0 spiro atoms. The summed E-state index contributed by atoms with van der Waals surface area (Å²) in [6, 6.07) is 35.1. The molecule has 2 heterocycles. The van der Waals surface area contributed by atoms with E-state index in [4.69, 9.17) is 4.74 Å². The Hall–Kier alpha value is -4.42. The number of carbonyl (C=O) groups is 2. The number of benzene rings is 4. The minimum atomic E-state index is -0.381. The fourth-order valence-corrected chi connectivity index (χ4v) is 6.24. The summed E-state index contributed by atoms with van der Waals surface area (Å²) in [6.07, 6.45) is 1.88. The molecule has 6 rings (SSSR count). The van der Waals surface area contributed by atoms with Gasteiger partial charge in [-0.1, -0.05) is 66.7 Å². The highest BCUT2D eigenvalue weighted by Gasteiger charge is 2.27. The van der Waals surface area contributed by atoms with Gasteiger partial charge in [0, 0.05) is 55.6 Å². The van der Waals surface area contributed by atoms with Crippen LogP contribution < -0.4 is 9.80 Å². The quantitative estimate of drug-likeness (QED) is 0.247. The average Bonchev–Trinajstić information content (AvgIpc) is 3.06. The molecule has 2 aliphatic rings. The largest absolute Gasteiger partial charge is 0.465 e. The lowest BCUT2D eigenvalue weighted by Gasteiger charge is -2.37. The second-order valence-electron chi connectivity index (χ2n) is 11.1. The van der Waals surface area contributed by atoms with Crippen LogP contribution >= 0.6 is 0 Å². The molecule has 0 aromatic heterocycles. The number of ether oxygens (including phenoxy) is 1. The topological polar surface area (TPSA) is 53.1 Å². The molecule has 1 saturated heterocycles. The Morgan fingerprint density at radius 1 is 0.762 bits per heavy atom. The van der Waals surface area contributed by atoms with Crippen molar-refractivity contribution in [3.63, 3.8) is 0 Å². The van der Waals surface area contributed by atoms with Crippen LogP contribution in [-0.2, 0) is 11.2 Å². The predicted molar refractivity (Wildman–Crippen MR) is 168 cm³/mol. The zero-order chi connectivity index (χ0) is 28.9. The Morgan fingerprint density at radius 3 is 2.00 bits per heavy atom. The number of nitrogens with zero attached hydrogens (tertiary/aromatic N) is 3. The van der Waals surface area contributed by atoms with Crippen molar-refractivity contribution in [1.29, 1.82) is 0 Å². The van der Waals surface area contributed by atoms with Crippen LogP contribution in [0.4, 0.5) is 11.4 Å². The molecular formula is C36H37N3O3. The molecule has 6 nitrogen and oxygen atoms in total. The molecule has 214 valence electrons. The predicted octanol–water partition coefficient (Wildman–Crippen LogP) is 6.02. The van der Waals surface area contributed by atoms with Crippen molar-refractivity contribution in [2.75, 3.05) is 56.2 Å². The minimum Gasteiger partial charge on any atom is -0.465 e. The number of rotatable bonds is 8.